The minimum absolute atomic E-state index is 0.0471. The zero-order chi connectivity index (χ0) is 33.0. The van der Waals surface area contributed by atoms with Crippen LogP contribution in [0.25, 0.3) is 0 Å². The number of hydrogen-bond acceptors (Lipinski definition) is 9. The third kappa shape index (κ3) is 13.9. The molecule has 3 heterocycles. The number of hydrogen-bond donors (Lipinski definition) is 1. The van der Waals surface area contributed by atoms with Gasteiger partial charge >= 0.3 is 11.9 Å². The maximum atomic E-state index is 13.2. The molecule has 250 valence electrons. The van der Waals surface area contributed by atoms with Crippen LogP contribution in [-0.2, 0) is 43.4 Å². The number of amides is 1. The molecule has 7 unspecified atom stereocenters. The number of fused-ring (bicyclic) bond motifs is 4. The van der Waals surface area contributed by atoms with E-state index in [1.54, 1.807) is 31.2 Å². The van der Waals surface area contributed by atoms with Crippen LogP contribution in [0.3, 0.4) is 0 Å². The van der Waals surface area contributed by atoms with E-state index in [2.05, 4.69) is 19.1 Å². The van der Waals surface area contributed by atoms with Crippen molar-refractivity contribution in [2.24, 2.45) is 11.8 Å². The van der Waals surface area contributed by atoms with Crippen LogP contribution in [0.1, 0.15) is 78.6 Å². The maximum absolute atomic E-state index is 13.2. The number of nitrogens with one attached hydrogen (secondary N) is 1. The van der Waals surface area contributed by atoms with Gasteiger partial charge in [0.2, 0.25) is 15.9 Å². The van der Waals surface area contributed by atoms with E-state index in [9.17, 15) is 22.8 Å². The maximum Gasteiger partial charge on any atom is 0.330 e. The molecule has 10 nitrogen and oxygen atoms in total. The van der Waals surface area contributed by atoms with E-state index in [0.29, 0.717) is 24.8 Å². The van der Waals surface area contributed by atoms with Crippen molar-refractivity contribution in [3.63, 3.8) is 0 Å². The Morgan fingerprint density at radius 2 is 1.67 bits per heavy atom. The van der Waals surface area contributed by atoms with Crippen LogP contribution >= 0.6 is 0 Å². The van der Waals surface area contributed by atoms with Gasteiger partial charge in [-0.25, -0.2) is 13.2 Å². The third-order valence-corrected chi connectivity index (χ3v) is 8.65. The van der Waals surface area contributed by atoms with Gasteiger partial charge in [-0.05, 0) is 57.4 Å². The van der Waals surface area contributed by atoms with Crippen molar-refractivity contribution in [3.05, 3.63) is 59.8 Å². The van der Waals surface area contributed by atoms with E-state index >= 15 is 0 Å². The molecular weight excluding hydrogens is 598 g/mol. The Kier molecular flexibility index (Phi) is 14.3. The second kappa shape index (κ2) is 17.6. The number of carbonyl (C=O) groups excluding carboxylic acids is 3. The highest BCUT2D eigenvalue weighted by Crippen LogP contribution is 2.33. The summed E-state index contributed by atoms with van der Waals surface area (Å²) in [5.74, 6) is -1.24. The van der Waals surface area contributed by atoms with E-state index in [1.165, 1.54) is 13.2 Å². The smallest absolute Gasteiger partial charge is 0.330 e. The van der Waals surface area contributed by atoms with Crippen LogP contribution in [0, 0.1) is 11.8 Å². The van der Waals surface area contributed by atoms with Crippen molar-refractivity contribution >= 4 is 27.9 Å². The highest BCUT2D eigenvalue weighted by molar-refractivity contribution is 7.89. The first-order chi connectivity index (χ1) is 21.3. The van der Waals surface area contributed by atoms with Crippen LogP contribution in [-0.4, -0.2) is 70.1 Å². The standard InChI is InChI=1S/C34H49NO9S/c1-23(17-32(36)35-45(5,39)40)10-7-6-8-13-31-25(3)15-14-24(2)16-27-11-9-12-28(42-27)21-29-18-26(20-33(37)41-4)19-30(43-29)22-34(38)44-31/h6-8,10,13-15,20,24-25,27-31H,9,11-12,16-19,21-22H2,1-5H3,(H,35,36)/b7-6-,13-8+,15-14+,23-10+,26-20-. The molecule has 1 N–H and O–H groups in total. The largest absolute Gasteiger partial charge is 0.466 e. The van der Waals surface area contributed by atoms with E-state index in [1.807, 2.05) is 17.7 Å². The summed E-state index contributed by atoms with van der Waals surface area (Å²) < 4.78 is 48.1. The SMILES string of the molecule is COC(=O)/C=C1\CC2CC(=O)OC(/C=C/C=C\C=C(/C)CC(=O)NS(C)(=O)=O)C(C)/C=C/C(C)CC3CCCC(CC(C1)O2)O3. The Hall–Kier alpha value is -3.02. The molecule has 2 saturated heterocycles. The lowest BCUT2D eigenvalue weighted by atomic mass is 9.89. The lowest BCUT2D eigenvalue weighted by Crippen LogP contribution is -2.37. The Labute approximate surface area is 268 Å². The molecule has 0 aromatic rings. The fourth-order valence-corrected chi connectivity index (χ4v) is 6.43. The minimum Gasteiger partial charge on any atom is -0.466 e. The van der Waals surface area contributed by atoms with Gasteiger partial charge in [-0.15, -0.1) is 0 Å². The molecular formula is C34H49NO9S. The number of cyclic esters (lactones) is 1. The van der Waals surface area contributed by atoms with Crippen molar-refractivity contribution < 1.29 is 41.7 Å². The average molecular weight is 648 g/mol. The number of methoxy groups -OCH3 is 1. The fraction of sp³-hybridized carbons (Fsp3) is 0.618. The Morgan fingerprint density at radius 3 is 2.38 bits per heavy atom. The first-order valence-electron chi connectivity index (χ1n) is 15.8. The summed E-state index contributed by atoms with van der Waals surface area (Å²) in [4.78, 5) is 37.1. The predicted octanol–water partition coefficient (Wildman–Crippen LogP) is 5.02. The van der Waals surface area contributed by atoms with Gasteiger partial charge in [-0.1, -0.05) is 61.4 Å². The summed E-state index contributed by atoms with van der Waals surface area (Å²) in [5.41, 5.74) is 1.58. The zero-order valence-electron chi connectivity index (χ0n) is 27.1. The first-order valence-corrected chi connectivity index (χ1v) is 17.7. The molecule has 4 bridgehead atoms. The van der Waals surface area contributed by atoms with E-state index in [-0.39, 0.29) is 43.0 Å². The Balaban J connectivity index is 1.77. The molecule has 1 amide bonds. The van der Waals surface area contributed by atoms with Gasteiger partial charge < -0.3 is 18.9 Å². The summed E-state index contributed by atoms with van der Waals surface area (Å²) in [6.45, 7) is 5.90. The molecule has 0 spiro atoms. The number of rotatable bonds is 7. The molecule has 7 atom stereocenters. The van der Waals surface area contributed by atoms with Crippen molar-refractivity contribution in [1.29, 1.82) is 0 Å². The van der Waals surface area contributed by atoms with Crippen LogP contribution in [0.2, 0.25) is 0 Å². The minimum atomic E-state index is -3.60. The molecule has 11 heteroatoms. The average Bonchev–Trinajstić information content (AvgIpc) is 2.93. The van der Waals surface area contributed by atoms with Gasteiger partial charge in [0.15, 0.2) is 0 Å². The molecule has 0 radical (unpaired) electrons. The fourth-order valence-electron chi connectivity index (χ4n) is 5.95. The molecule has 45 heavy (non-hydrogen) atoms. The van der Waals surface area contributed by atoms with Crippen LogP contribution in [0.15, 0.2) is 59.8 Å². The summed E-state index contributed by atoms with van der Waals surface area (Å²) in [5, 5.41) is 0. The number of ether oxygens (including phenoxy) is 4. The van der Waals surface area contributed by atoms with Gasteiger partial charge in [-0.2, -0.15) is 0 Å². The topological polar surface area (TPSA) is 134 Å². The van der Waals surface area contributed by atoms with Gasteiger partial charge in [0, 0.05) is 24.8 Å². The summed E-state index contributed by atoms with van der Waals surface area (Å²) in [7, 11) is -2.25. The molecule has 0 saturated carbocycles. The molecule has 3 aliphatic heterocycles. The molecule has 0 aromatic heterocycles. The quantitative estimate of drug-likeness (QED) is 0.175. The van der Waals surface area contributed by atoms with Crippen LogP contribution < -0.4 is 4.72 Å². The van der Waals surface area contributed by atoms with Gasteiger partial charge in [0.05, 0.1) is 44.2 Å². The Morgan fingerprint density at radius 1 is 0.978 bits per heavy atom. The number of esters is 2. The van der Waals surface area contributed by atoms with Crippen molar-refractivity contribution in [1.82, 2.24) is 4.72 Å². The Bertz CT molecular complexity index is 1300. The summed E-state index contributed by atoms with van der Waals surface area (Å²) in [6, 6.07) is 0. The highest BCUT2D eigenvalue weighted by Gasteiger charge is 2.33. The van der Waals surface area contributed by atoms with Crippen LogP contribution in [0.5, 0.6) is 0 Å². The van der Waals surface area contributed by atoms with Gasteiger partial charge in [-0.3, -0.25) is 14.3 Å². The number of sulfonamides is 1. The summed E-state index contributed by atoms with van der Waals surface area (Å²) >= 11 is 0. The van der Waals surface area contributed by atoms with E-state index in [0.717, 1.165) is 37.5 Å². The molecule has 3 aliphatic rings. The monoisotopic (exact) mass is 647 g/mol. The van der Waals surface area contributed by atoms with Gasteiger partial charge in [0.1, 0.15) is 6.10 Å². The lowest BCUT2D eigenvalue weighted by molar-refractivity contribution is -0.154. The second-order valence-corrected chi connectivity index (χ2v) is 14.3. The van der Waals surface area contributed by atoms with E-state index < -0.39 is 40.1 Å². The first kappa shape index (κ1) is 36.4. The molecule has 0 aromatic carbocycles. The molecule has 3 rings (SSSR count). The molecule has 2 fully saturated rings. The van der Waals surface area contributed by atoms with Crippen LogP contribution in [0.4, 0.5) is 0 Å². The number of carbonyl (C=O) groups is 3. The molecule has 0 aliphatic carbocycles. The second-order valence-electron chi connectivity index (χ2n) is 12.5. The van der Waals surface area contributed by atoms with E-state index in [4.69, 9.17) is 18.9 Å². The summed E-state index contributed by atoms with van der Waals surface area (Å²) in [6.07, 6.45) is 20.4. The van der Waals surface area contributed by atoms with Crippen molar-refractivity contribution in [2.45, 2.75) is 109 Å². The predicted molar refractivity (Wildman–Crippen MR) is 171 cm³/mol. The van der Waals surface area contributed by atoms with Crippen molar-refractivity contribution in [3.8, 4) is 0 Å². The lowest BCUT2D eigenvalue weighted by Gasteiger charge is -2.37. The number of allylic oxidation sites excluding steroid dienone is 5. The highest BCUT2D eigenvalue weighted by atomic mass is 32.2. The third-order valence-electron chi connectivity index (χ3n) is 8.05. The zero-order valence-corrected chi connectivity index (χ0v) is 27.9. The van der Waals surface area contributed by atoms with Gasteiger partial charge in [0.25, 0.3) is 0 Å². The van der Waals surface area contributed by atoms with Crippen molar-refractivity contribution in [2.75, 3.05) is 13.4 Å². The normalized spacial score (nSPS) is 32.3.